The second-order valence-electron chi connectivity index (χ2n) is 3.93. The van der Waals surface area contributed by atoms with Crippen LogP contribution in [0.1, 0.15) is 10.4 Å². The van der Waals surface area contributed by atoms with Crippen molar-refractivity contribution in [2.45, 2.75) is 0 Å². The number of nitrogen functional groups attached to an aromatic ring is 1. The fourth-order valence-corrected chi connectivity index (χ4v) is 1.70. The van der Waals surface area contributed by atoms with Crippen LogP contribution in [0.4, 0.5) is 17.2 Å². The highest BCUT2D eigenvalue weighted by Crippen LogP contribution is 2.27. The van der Waals surface area contributed by atoms with Crippen LogP contribution in [0.25, 0.3) is 0 Å². The summed E-state index contributed by atoms with van der Waals surface area (Å²) < 4.78 is 1.52. The van der Waals surface area contributed by atoms with E-state index in [-0.39, 0.29) is 16.9 Å². The lowest BCUT2D eigenvalue weighted by atomic mass is 10.1. The molecule has 2 aromatic rings. The molecule has 4 N–H and O–H groups in total. The Bertz CT molecular complexity index is 666. The number of para-hydroxylation sites is 1. The third kappa shape index (κ3) is 2.57. The van der Waals surface area contributed by atoms with Gasteiger partial charge in [-0.15, -0.1) is 0 Å². The summed E-state index contributed by atoms with van der Waals surface area (Å²) in [6, 6.07) is 5.70. The maximum absolute atomic E-state index is 12.1. The van der Waals surface area contributed by atoms with Gasteiger partial charge in [-0.2, -0.15) is 5.10 Å². The summed E-state index contributed by atoms with van der Waals surface area (Å²) in [4.78, 5) is 22.4. The van der Waals surface area contributed by atoms with E-state index in [1.165, 1.54) is 22.9 Å². The van der Waals surface area contributed by atoms with Crippen molar-refractivity contribution >= 4 is 23.1 Å². The van der Waals surface area contributed by atoms with Crippen LogP contribution in [-0.2, 0) is 7.05 Å². The normalized spacial score (nSPS) is 10.1. The predicted octanol–water partition coefficient (Wildman–Crippen LogP) is 0.866. The first-order valence-electron chi connectivity index (χ1n) is 5.58. The number of aromatic nitrogens is 2. The van der Waals surface area contributed by atoms with Crippen molar-refractivity contribution in [2.75, 3.05) is 10.7 Å². The lowest BCUT2D eigenvalue weighted by molar-refractivity contribution is -0.384. The molecule has 0 aliphatic heterocycles. The van der Waals surface area contributed by atoms with E-state index in [0.717, 1.165) is 0 Å². The van der Waals surface area contributed by atoms with Crippen molar-refractivity contribution in [2.24, 2.45) is 12.9 Å². The fourth-order valence-electron chi connectivity index (χ4n) is 1.70. The minimum Gasteiger partial charge on any atom is -0.318 e. The molecule has 9 heteroatoms. The van der Waals surface area contributed by atoms with Crippen LogP contribution in [0.2, 0.25) is 0 Å². The number of nitrogens with zero attached hydrogens (tertiary/aromatic N) is 3. The Labute approximate surface area is 113 Å². The number of nitro groups is 1. The van der Waals surface area contributed by atoms with E-state index >= 15 is 0 Å². The van der Waals surface area contributed by atoms with Gasteiger partial charge >= 0.3 is 0 Å². The number of hydrogen-bond acceptors (Lipinski definition) is 6. The average Bonchev–Trinajstić information content (AvgIpc) is 2.82. The zero-order valence-corrected chi connectivity index (χ0v) is 10.5. The molecule has 1 amide bonds. The number of carbonyl (C=O) groups excluding carboxylic acids is 1. The van der Waals surface area contributed by atoms with E-state index < -0.39 is 10.8 Å². The van der Waals surface area contributed by atoms with Crippen molar-refractivity contribution in [3.05, 3.63) is 46.1 Å². The monoisotopic (exact) mass is 276 g/mol. The Morgan fingerprint density at radius 3 is 2.75 bits per heavy atom. The number of carbonyl (C=O) groups is 1. The Hall–Kier alpha value is -2.94. The molecule has 104 valence electrons. The second-order valence-corrected chi connectivity index (χ2v) is 3.93. The van der Waals surface area contributed by atoms with Gasteiger partial charge in [-0.05, 0) is 6.07 Å². The molecule has 1 heterocycles. The highest BCUT2D eigenvalue weighted by atomic mass is 16.6. The molecule has 0 radical (unpaired) electrons. The smallest absolute Gasteiger partial charge is 0.294 e. The van der Waals surface area contributed by atoms with E-state index in [9.17, 15) is 14.9 Å². The van der Waals surface area contributed by atoms with Crippen molar-refractivity contribution in [1.29, 1.82) is 0 Å². The summed E-state index contributed by atoms with van der Waals surface area (Å²) in [5, 5.41) is 17.4. The lowest BCUT2D eigenvalue weighted by Crippen LogP contribution is -2.18. The third-order valence-electron chi connectivity index (χ3n) is 2.58. The zero-order valence-electron chi connectivity index (χ0n) is 10.5. The van der Waals surface area contributed by atoms with Gasteiger partial charge in [0.25, 0.3) is 11.6 Å². The van der Waals surface area contributed by atoms with Gasteiger partial charge in [-0.1, -0.05) is 6.07 Å². The Kier molecular flexibility index (Phi) is 3.62. The molecule has 1 aromatic heterocycles. The van der Waals surface area contributed by atoms with Crippen LogP contribution in [0.3, 0.4) is 0 Å². The standard InChI is InChI=1S/C11H12N6O3/c1-16-6-5-9(15-16)13-11(18)7-3-2-4-8(17(19)20)10(7)14-12/h2-6,14H,12H2,1H3,(H,13,15,18). The highest BCUT2D eigenvalue weighted by molar-refractivity contribution is 6.08. The molecule has 0 atom stereocenters. The Morgan fingerprint density at radius 1 is 1.45 bits per heavy atom. The first-order valence-corrected chi connectivity index (χ1v) is 5.58. The van der Waals surface area contributed by atoms with Crippen molar-refractivity contribution in [3.63, 3.8) is 0 Å². The molecule has 0 bridgehead atoms. The van der Waals surface area contributed by atoms with E-state index in [2.05, 4.69) is 15.8 Å². The van der Waals surface area contributed by atoms with Crippen LogP contribution in [0.5, 0.6) is 0 Å². The molecule has 2 rings (SSSR count). The van der Waals surface area contributed by atoms with Gasteiger partial charge < -0.3 is 10.7 Å². The first kappa shape index (κ1) is 13.5. The summed E-state index contributed by atoms with van der Waals surface area (Å²) in [6.07, 6.45) is 1.66. The van der Waals surface area contributed by atoms with Crippen molar-refractivity contribution in [1.82, 2.24) is 9.78 Å². The molecular formula is C11H12N6O3. The number of benzene rings is 1. The Balaban J connectivity index is 2.34. The molecule has 9 nitrogen and oxygen atoms in total. The molecule has 0 aliphatic rings. The zero-order chi connectivity index (χ0) is 14.7. The summed E-state index contributed by atoms with van der Waals surface area (Å²) in [5.41, 5.74) is 1.92. The number of hydrazine groups is 1. The number of anilines is 2. The number of amides is 1. The van der Waals surface area contributed by atoms with Gasteiger partial charge in [0.15, 0.2) is 5.82 Å². The van der Waals surface area contributed by atoms with Gasteiger partial charge in [-0.25, -0.2) is 0 Å². The van der Waals surface area contributed by atoms with Crippen molar-refractivity contribution in [3.8, 4) is 0 Å². The Morgan fingerprint density at radius 2 is 2.20 bits per heavy atom. The molecule has 0 unspecified atom stereocenters. The SMILES string of the molecule is Cn1ccc(NC(=O)c2cccc([N+](=O)[O-])c2NN)n1. The molecular weight excluding hydrogens is 264 g/mol. The predicted molar refractivity (Wildman–Crippen MR) is 72.1 cm³/mol. The largest absolute Gasteiger partial charge is 0.318 e. The second kappa shape index (κ2) is 5.36. The van der Waals surface area contributed by atoms with Crippen LogP contribution in [0.15, 0.2) is 30.5 Å². The fraction of sp³-hybridized carbons (Fsp3) is 0.0909. The molecule has 0 saturated carbocycles. The maximum Gasteiger partial charge on any atom is 0.294 e. The molecule has 20 heavy (non-hydrogen) atoms. The van der Waals surface area contributed by atoms with E-state index in [0.29, 0.717) is 5.82 Å². The number of nitrogens with one attached hydrogen (secondary N) is 2. The van der Waals surface area contributed by atoms with Crippen LogP contribution in [0, 0.1) is 10.1 Å². The summed E-state index contributed by atoms with van der Waals surface area (Å²) in [7, 11) is 1.70. The van der Waals surface area contributed by atoms with Gasteiger partial charge in [0, 0.05) is 25.4 Å². The van der Waals surface area contributed by atoms with Crippen LogP contribution in [-0.4, -0.2) is 20.6 Å². The summed E-state index contributed by atoms with van der Waals surface area (Å²) >= 11 is 0. The quantitative estimate of drug-likeness (QED) is 0.431. The highest BCUT2D eigenvalue weighted by Gasteiger charge is 2.21. The number of aryl methyl sites for hydroxylation is 1. The molecule has 0 fully saturated rings. The van der Waals surface area contributed by atoms with Gasteiger partial charge in [0.05, 0.1) is 10.5 Å². The minimum absolute atomic E-state index is 0.0501. The van der Waals surface area contributed by atoms with E-state index in [1.807, 2.05) is 0 Å². The van der Waals surface area contributed by atoms with Crippen LogP contribution >= 0.6 is 0 Å². The molecule has 0 saturated heterocycles. The number of nitrogens with two attached hydrogens (primary N) is 1. The summed E-state index contributed by atoms with van der Waals surface area (Å²) in [6.45, 7) is 0. The van der Waals surface area contributed by atoms with Gasteiger partial charge in [0.2, 0.25) is 0 Å². The van der Waals surface area contributed by atoms with Gasteiger partial charge in [0.1, 0.15) is 5.69 Å². The van der Waals surface area contributed by atoms with E-state index in [1.54, 1.807) is 19.3 Å². The average molecular weight is 276 g/mol. The number of rotatable bonds is 4. The minimum atomic E-state index is -0.618. The van der Waals surface area contributed by atoms with E-state index in [4.69, 9.17) is 5.84 Å². The summed E-state index contributed by atoms with van der Waals surface area (Å²) in [5.74, 6) is 5.07. The topological polar surface area (TPSA) is 128 Å². The van der Waals surface area contributed by atoms with Crippen molar-refractivity contribution < 1.29 is 9.72 Å². The maximum atomic E-state index is 12.1. The van der Waals surface area contributed by atoms with Gasteiger partial charge in [-0.3, -0.25) is 25.4 Å². The number of hydrogen-bond donors (Lipinski definition) is 3. The molecule has 1 aromatic carbocycles. The third-order valence-corrected chi connectivity index (χ3v) is 2.58. The number of nitro benzene ring substituents is 1. The molecule has 0 spiro atoms. The molecule has 0 aliphatic carbocycles. The van der Waals surface area contributed by atoms with Crippen LogP contribution < -0.4 is 16.6 Å². The lowest BCUT2D eigenvalue weighted by Gasteiger charge is -2.08. The first-order chi connectivity index (χ1) is 9.52.